The molecule has 2 aliphatic heterocycles. The second-order valence-corrected chi connectivity index (χ2v) is 11.5. The minimum Gasteiger partial charge on any atom is -0.383 e. The van der Waals surface area contributed by atoms with Gasteiger partial charge in [0, 0.05) is 32.3 Å². The average molecular weight is 542 g/mol. The number of hydrogen-bond donors (Lipinski definition) is 2. The first-order valence-corrected chi connectivity index (χ1v) is 14.4. The molecule has 2 unspecified atom stereocenters. The van der Waals surface area contributed by atoms with E-state index in [9.17, 15) is 9.59 Å². The summed E-state index contributed by atoms with van der Waals surface area (Å²) in [6.07, 6.45) is 7.86. The number of nitrogens with one attached hydrogen (secondary N) is 2. The van der Waals surface area contributed by atoms with Gasteiger partial charge in [0.2, 0.25) is 11.8 Å². The maximum Gasteiger partial charge on any atom is 0.246 e. The summed E-state index contributed by atoms with van der Waals surface area (Å²) in [5, 5.41) is 11.0. The number of ether oxygens (including phenoxy) is 1. The maximum absolute atomic E-state index is 13.8. The molecule has 38 heavy (non-hydrogen) atoms. The molecule has 9 heteroatoms. The number of carbonyl (C=O) groups excluding carboxylic acids is 2. The number of methoxy groups -OCH3 is 1. The lowest BCUT2D eigenvalue weighted by Crippen LogP contribution is -2.73. The van der Waals surface area contributed by atoms with Crippen molar-refractivity contribution in [2.75, 3.05) is 33.4 Å². The number of aryl methyl sites for hydroxylation is 1. The molecule has 0 bridgehead atoms. The summed E-state index contributed by atoms with van der Waals surface area (Å²) in [6.45, 7) is 4.11. The van der Waals surface area contributed by atoms with E-state index in [1.54, 1.807) is 7.11 Å². The van der Waals surface area contributed by atoms with Crippen LogP contribution in [0.4, 0.5) is 0 Å². The van der Waals surface area contributed by atoms with Gasteiger partial charge in [0.1, 0.15) is 16.7 Å². The Morgan fingerprint density at radius 3 is 2.47 bits per heavy atom. The van der Waals surface area contributed by atoms with Crippen LogP contribution in [0.25, 0.3) is 0 Å². The number of carbonyl (C=O) groups is 2. The van der Waals surface area contributed by atoms with Crippen LogP contribution in [0.3, 0.4) is 0 Å². The van der Waals surface area contributed by atoms with Crippen LogP contribution in [-0.4, -0.2) is 76.7 Å². The highest BCUT2D eigenvalue weighted by Gasteiger charge is 2.54. The van der Waals surface area contributed by atoms with Gasteiger partial charge in [-0.25, -0.2) is 0 Å². The average Bonchev–Trinajstić information content (AvgIpc) is 3.27. The summed E-state index contributed by atoms with van der Waals surface area (Å²) in [6, 6.07) is 9.76. The monoisotopic (exact) mass is 541 g/mol. The minimum atomic E-state index is -0.856. The van der Waals surface area contributed by atoms with Gasteiger partial charge in [-0.1, -0.05) is 74.0 Å². The van der Waals surface area contributed by atoms with Gasteiger partial charge in [0.05, 0.1) is 18.3 Å². The summed E-state index contributed by atoms with van der Waals surface area (Å²) >= 11 is 6.59. The van der Waals surface area contributed by atoms with Crippen molar-refractivity contribution in [1.29, 1.82) is 0 Å². The fourth-order valence-electron chi connectivity index (χ4n) is 6.87. The number of hydrogen-bond acceptors (Lipinski definition) is 5. The van der Waals surface area contributed by atoms with E-state index in [4.69, 9.17) is 16.3 Å². The third-order valence-corrected chi connectivity index (χ3v) is 9.24. The molecule has 0 radical (unpaired) electrons. The first-order valence-electron chi connectivity index (χ1n) is 14.1. The Morgan fingerprint density at radius 2 is 1.84 bits per heavy atom. The number of rotatable bonds is 8. The van der Waals surface area contributed by atoms with Crippen molar-refractivity contribution in [2.24, 2.45) is 5.92 Å². The van der Waals surface area contributed by atoms with E-state index < -0.39 is 11.6 Å². The van der Waals surface area contributed by atoms with Crippen molar-refractivity contribution in [3.63, 3.8) is 0 Å². The Kier molecular flexibility index (Phi) is 8.41. The van der Waals surface area contributed by atoms with Crippen LogP contribution in [0.1, 0.15) is 74.2 Å². The highest BCUT2D eigenvalue weighted by atomic mass is 35.5. The predicted molar refractivity (Wildman–Crippen MR) is 147 cm³/mol. The Labute approximate surface area is 230 Å². The van der Waals surface area contributed by atoms with Gasteiger partial charge >= 0.3 is 0 Å². The number of benzene rings is 1. The molecule has 1 spiro atoms. The summed E-state index contributed by atoms with van der Waals surface area (Å²) in [4.78, 5) is 31.9. The molecule has 1 saturated carbocycles. The molecule has 2 N–H and O–H groups in total. The second kappa shape index (κ2) is 11.8. The van der Waals surface area contributed by atoms with Gasteiger partial charge in [-0.05, 0) is 37.7 Å². The van der Waals surface area contributed by atoms with E-state index >= 15 is 0 Å². The van der Waals surface area contributed by atoms with E-state index in [0.29, 0.717) is 50.2 Å². The largest absolute Gasteiger partial charge is 0.383 e. The number of piperidine rings is 1. The summed E-state index contributed by atoms with van der Waals surface area (Å²) < 4.78 is 5.38. The maximum atomic E-state index is 13.8. The second-order valence-electron chi connectivity index (χ2n) is 11.2. The highest BCUT2D eigenvalue weighted by Crippen LogP contribution is 2.41. The van der Waals surface area contributed by atoms with E-state index in [1.165, 1.54) is 19.3 Å². The lowest BCUT2D eigenvalue weighted by molar-refractivity contribution is -0.163. The Balaban J connectivity index is 1.38. The van der Waals surface area contributed by atoms with Crippen LogP contribution in [0.15, 0.2) is 30.3 Å². The van der Waals surface area contributed by atoms with E-state index in [-0.39, 0.29) is 17.9 Å². The lowest BCUT2D eigenvalue weighted by Gasteiger charge is -2.52. The molecule has 5 rings (SSSR count). The summed E-state index contributed by atoms with van der Waals surface area (Å²) in [5.74, 6) is 0.546. The van der Waals surface area contributed by atoms with Crippen LogP contribution in [0.5, 0.6) is 0 Å². The van der Waals surface area contributed by atoms with Gasteiger partial charge in [0.15, 0.2) is 0 Å². The zero-order valence-electron chi connectivity index (χ0n) is 22.5. The quantitative estimate of drug-likeness (QED) is 0.521. The van der Waals surface area contributed by atoms with Crippen molar-refractivity contribution in [3.05, 3.63) is 52.3 Å². The number of piperazine rings is 1. The molecule has 1 aromatic carbocycles. The molecule has 2 amide bonds. The number of aromatic amines is 1. The molecular weight excluding hydrogens is 502 g/mol. The molecule has 2 atom stereocenters. The van der Waals surface area contributed by atoms with E-state index in [2.05, 4.69) is 32.5 Å². The number of H-pyrrole nitrogens is 1. The molecule has 3 fully saturated rings. The Hall–Kier alpha value is -2.42. The minimum absolute atomic E-state index is 0.0116. The van der Waals surface area contributed by atoms with Crippen LogP contribution >= 0.6 is 11.6 Å². The summed E-state index contributed by atoms with van der Waals surface area (Å²) in [5.41, 5.74) is 2.10. The van der Waals surface area contributed by atoms with Gasteiger partial charge in [0.25, 0.3) is 0 Å². The molecule has 1 aliphatic carbocycles. The van der Waals surface area contributed by atoms with E-state index in [1.807, 2.05) is 30.0 Å². The number of nitrogens with zero attached hydrogens (tertiary/aromatic N) is 3. The Bertz CT molecular complexity index is 1090. The van der Waals surface area contributed by atoms with Gasteiger partial charge in [-0.2, -0.15) is 5.10 Å². The standard InChI is InChI=1S/C29H40ClN5O3/c1-20-24(26(30)33-32-20)25(22-11-7-4-8-12-22)34-15-13-29(14-16-34)28(37)31-23(19-21-9-5-3-6-10-21)27(36)35(29)17-18-38-2/h4,7-8,11-12,21,23,25H,3,5-6,9-10,13-19H2,1-2H3,(H,31,37)(H,32,33). The molecule has 1 aromatic heterocycles. The van der Waals surface area contributed by atoms with Gasteiger partial charge < -0.3 is 15.0 Å². The summed E-state index contributed by atoms with van der Waals surface area (Å²) in [7, 11) is 1.64. The van der Waals surface area contributed by atoms with Gasteiger partial charge in [-0.3, -0.25) is 19.6 Å². The van der Waals surface area contributed by atoms with Crippen molar-refractivity contribution >= 4 is 23.4 Å². The van der Waals surface area contributed by atoms with Crippen LogP contribution < -0.4 is 5.32 Å². The third-order valence-electron chi connectivity index (χ3n) is 8.95. The number of halogens is 1. The first kappa shape index (κ1) is 27.2. The SMILES string of the molecule is COCCN1C(=O)C(CC2CCCCC2)NC(=O)C12CCN(C(c1ccccc1)c1c(C)n[nH]c1Cl)CC2. The number of aromatic nitrogens is 2. The fourth-order valence-corrected chi connectivity index (χ4v) is 7.16. The van der Waals surface area contributed by atoms with Crippen molar-refractivity contribution < 1.29 is 14.3 Å². The van der Waals surface area contributed by atoms with E-state index in [0.717, 1.165) is 36.1 Å². The Morgan fingerprint density at radius 1 is 1.13 bits per heavy atom. The molecular formula is C29H40ClN5O3. The topological polar surface area (TPSA) is 90.6 Å². The molecule has 3 heterocycles. The van der Waals surface area contributed by atoms with Crippen molar-refractivity contribution in [2.45, 2.75) is 75.9 Å². The number of likely N-dealkylation sites (tertiary alicyclic amines) is 1. The molecule has 206 valence electrons. The molecule has 2 saturated heterocycles. The van der Waals surface area contributed by atoms with Crippen molar-refractivity contribution in [3.8, 4) is 0 Å². The number of amides is 2. The molecule has 3 aliphatic rings. The smallest absolute Gasteiger partial charge is 0.246 e. The van der Waals surface area contributed by atoms with Crippen LogP contribution in [-0.2, 0) is 14.3 Å². The lowest BCUT2D eigenvalue weighted by atomic mass is 9.78. The molecule has 2 aromatic rings. The zero-order chi connectivity index (χ0) is 26.7. The normalized spacial score (nSPS) is 23.6. The van der Waals surface area contributed by atoms with Crippen LogP contribution in [0, 0.1) is 12.8 Å². The van der Waals surface area contributed by atoms with Crippen LogP contribution in [0.2, 0.25) is 5.15 Å². The predicted octanol–water partition coefficient (Wildman–Crippen LogP) is 4.24. The van der Waals surface area contributed by atoms with Crippen molar-refractivity contribution in [1.82, 2.24) is 25.3 Å². The highest BCUT2D eigenvalue weighted by molar-refractivity contribution is 6.30. The zero-order valence-corrected chi connectivity index (χ0v) is 23.3. The van der Waals surface area contributed by atoms with Gasteiger partial charge in [-0.15, -0.1) is 0 Å². The third kappa shape index (κ3) is 5.23. The fraction of sp³-hybridized carbons (Fsp3) is 0.621. The molecule has 8 nitrogen and oxygen atoms in total. The first-order chi connectivity index (χ1) is 18.4.